The maximum atomic E-state index is 6.08. The van der Waals surface area contributed by atoms with E-state index in [0.29, 0.717) is 23.8 Å². The summed E-state index contributed by atoms with van der Waals surface area (Å²) >= 11 is 0. The van der Waals surface area contributed by atoms with Gasteiger partial charge in [0.25, 0.3) is 0 Å². The molecule has 0 spiro atoms. The summed E-state index contributed by atoms with van der Waals surface area (Å²) in [5, 5.41) is 12.0. The molecule has 1 fully saturated rings. The zero-order valence-electron chi connectivity index (χ0n) is 12.2. The molecule has 0 unspecified atom stereocenters. The fourth-order valence-electron chi connectivity index (χ4n) is 2.72. The number of nitrogens with two attached hydrogens (primary N) is 1. The lowest BCUT2D eigenvalue weighted by molar-refractivity contribution is -0.0855. The Morgan fingerprint density at radius 1 is 1.33 bits per heavy atom. The van der Waals surface area contributed by atoms with Crippen molar-refractivity contribution < 1.29 is 9.47 Å². The third kappa shape index (κ3) is 2.33. The average Bonchev–Trinajstić information content (AvgIpc) is 2.90. The summed E-state index contributed by atoms with van der Waals surface area (Å²) in [6.45, 7) is 0.614. The summed E-state index contributed by atoms with van der Waals surface area (Å²) < 4.78 is 12.8. The van der Waals surface area contributed by atoms with Crippen molar-refractivity contribution in [2.75, 3.05) is 20.0 Å². The van der Waals surface area contributed by atoms with E-state index in [-0.39, 0.29) is 5.60 Å². The van der Waals surface area contributed by atoms with E-state index in [1.54, 1.807) is 18.9 Å². The third-order valence-electron chi connectivity index (χ3n) is 4.17. The molecule has 1 aliphatic rings. The monoisotopic (exact) mass is 289 g/mol. The lowest BCUT2D eigenvalue weighted by Gasteiger charge is -2.40. The highest BCUT2D eigenvalue weighted by Gasteiger charge is 2.38. The number of hydrogen-bond acceptors (Lipinski definition) is 6. The first-order valence-corrected chi connectivity index (χ1v) is 6.93. The second-order valence-corrected chi connectivity index (χ2v) is 5.33. The first-order valence-electron chi connectivity index (χ1n) is 6.93. The third-order valence-corrected chi connectivity index (χ3v) is 4.17. The van der Waals surface area contributed by atoms with Crippen molar-refractivity contribution >= 4 is 5.69 Å². The molecule has 1 heterocycles. The Labute approximate surface area is 123 Å². The van der Waals surface area contributed by atoms with Crippen molar-refractivity contribution in [3.63, 3.8) is 0 Å². The molecule has 3 rings (SSSR count). The standard InChI is InChI=1S/C14H19N5O2/c1-20-11-6-3-5-10(15)12(11)13-16-17-18-19(13)9-14(21-2)7-4-8-14/h3,5-6H,4,7-9,15H2,1-2H3. The second kappa shape index (κ2) is 5.33. The van der Waals surface area contributed by atoms with Gasteiger partial charge in [-0.15, -0.1) is 5.10 Å². The summed E-state index contributed by atoms with van der Waals surface area (Å²) in [6.07, 6.45) is 3.20. The molecule has 0 bridgehead atoms. The van der Waals surface area contributed by atoms with Crippen molar-refractivity contribution in [1.29, 1.82) is 0 Å². The van der Waals surface area contributed by atoms with Crippen LogP contribution in [0.1, 0.15) is 19.3 Å². The highest BCUT2D eigenvalue weighted by atomic mass is 16.5. The van der Waals surface area contributed by atoms with Gasteiger partial charge in [0.2, 0.25) is 0 Å². The van der Waals surface area contributed by atoms with E-state index in [9.17, 15) is 0 Å². The Balaban J connectivity index is 2.00. The van der Waals surface area contributed by atoms with Crippen LogP contribution in [-0.2, 0) is 11.3 Å². The minimum absolute atomic E-state index is 0.166. The fourth-order valence-corrected chi connectivity index (χ4v) is 2.72. The molecule has 0 saturated heterocycles. The highest BCUT2D eigenvalue weighted by Crippen LogP contribution is 2.38. The van der Waals surface area contributed by atoms with E-state index in [0.717, 1.165) is 18.4 Å². The van der Waals surface area contributed by atoms with Crippen LogP contribution in [0.4, 0.5) is 5.69 Å². The summed E-state index contributed by atoms with van der Waals surface area (Å²) in [4.78, 5) is 0. The minimum Gasteiger partial charge on any atom is -0.496 e. The molecular weight excluding hydrogens is 270 g/mol. The van der Waals surface area contributed by atoms with E-state index in [4.69, 9.17) is 15.2 Å². The summed E-state index contributed by atoms with van der Waals surface area (Å²) in [5.41, 5.74) is 7.22. The SMILES string of the molecule is COc1cccc(N)c1-c1nnnn1CC1(OC)CCC1. The van der Waals surface area contributed by atoms with Gasteiger partial charge in [-0.3, -0.25) is 0 Å². The van der Waals surface area contributed by atoms with Crippen LogP contribution in [-0.4, -0.2) is 40.0 Å². The van der Waals surface area contributed by atoms with Crippen LogP contribution in [0.5, 0.6) is 5.75 Å². The number of ether oxygens (including phenoxy) is 2. The van der Waals surface area contributed by atoms with Gasteiger partial charge in [-0.2, -0.15) is 0 Å². The summed E-state index contributed by atoms with van der Waals surface area (Å²) in [5.74, 6) is 1.26. The molecule has 1 aromatic heterocycles. The normalized spacial score (nSPS) is 16.5. The smallest absolute Gasteiger partial charge is 0.187 e. The molecule has 0 atom stereocenters. The number of aromatic nitrogens is 4. The number of hydrogen-bond donors (Lipinski definition) is 1. The number of nitrogens with zero attached hydrogens (tertiary/aromatic N) is 4. The molecule has 1 saturated carbocycles. The molecule has 1 aromatic carbocycles. The topological polar surface area (TPSA) is 88.1 Å². The van der Waals surface area contributed by atoms with E-state index in [2.05, 4.69) is 15.5 Å². The van der Waals surface area contributed by atoms with Gasteiger partial charge in [0.1, 0.15) is 5.75 Å². The second-order valence-electron chi connectivity index (χ2n) is 5.33. The van der Waals surface area contributed by atoms with Gasteiger partial charge in [-0.05, 0) is 41.8 Å². The molecule has 21 heavy (non-hydrogen) atoms. The van der Waals surface area contributed by atoms with Crippen LogP contribution in [0, 0.1) is 0 Å². The van der Waals surface area contributed by atoms with Crippen LogP contribution >= 0.6 is 0 Å². The van der Waals surface area contributed by atoms with Gasteiger partial charge in [0, 0.05) is 12.8 Å². The van der Waals surface area contributed by atoms with E-state index in [1.165, 1.54) is 6.42 Å². The fraction of sp³-hybridized carbons (Fsp3) is 0.500. The maximum absolute atomic E-state index is 6.08. The number of methoxy groups -OCH3 is 2. The molecule has 0 aliphatic heterocycles. The van der Waals surface area contributed by atoms with Crippen LogP contribution in [0.3, 0.4) is 0 Å². The molecule has 7 nitrogen and oxygen atoms in total. The first-order chi connectivity index (χ1) is 10.2. The van der Waals surface area contributed by atoms with E-state index < -0.39 is 0 Å². The maximum Gasteiger partial charge on any atom is 0.187 e. The van der Waals surface area contributed by atoms with Gasteiger partial charge < -0.3 is 15.2 Å². The van der Waals surface area contributed by atoms with Crippen molar-refractivity contribution in [2.45, 2.75) is 31.4 Å². The van der Waals surface area contributed by atoms with Crippen molar-refractivity contribution in [2.24, 2.45) is 0 Å². The molecule has 1 aliphatic carbocycles. The number of nitrogen functional groups attached to an aromatic ring is 1. The number of tetrazole rings is 1. The van der Waals surface area contributed by atoms with Crippen molar-refractivity contribution in [1.82, 2.24) is 20.2 Å². The Kier molecular flexibility index (Phi) is 3.50. The lowest BCUT2D eigenvalue weighted by atomic mass is 9.80. The number of benzene rings is 1. The van der Waals surface area contributed by atoms with Gasteiger partial charge >= 0.3 is 0 Å². The average molecular weight is 289 g/mol. The van der Waals surface area contributed by atoms with E-state index in [1.807, 2.05) is 18.2 Å². The summed E-state index contributed by atoms with van der Waals surface area (Å²) in [7, 11) is 3.34. The summed E-state index contributed by atoms with van der Waals surface area (Å²) in [6, 6.07) is 5.50. The van der Waals surface area contributed by atoms with Crippen LogP contribution < -0.4 is 10.5 Å². The van der Waals surface area contributed by atoms with Crippen LogP contribution in [0.15, 0.2) is 18.2 Å². The predicted octanol–water partition coefficient (Wildman–Crippen LogP) is 1.50. The van der Waals surface area contributed by atoms with Crippen molar-refractivity contribution in [3.05, 3.63) is 18.2 Å². The van der Waals surface area contributed by atoms with Gasteiger partial charge in [0.15, 0.2) is 5.82 Å². The van der Waals surface area contributed by atoms with Gasteiger partial charge in [-0.1, -0.05) is 6.07 Å². The Hall–Kier alpha value is -2.15. The van der Waals surface area contributed by atoms with Crippen LogP contribution in [0.2, 0.25) is 0 Å². The lowest BCUT2D eigenvalue weighted by Crippen LogP contribution is -2.43. The molecule has 2 N–H and O–H groups in total. The zero-order chi connectivity index (χ0) is 14.9. The Morgan fingerprint density at radius 2 is 2.14 bits per heavy atom. The molecule has 7 heteroatoms. The molecule has 0 amide bonds. The van der Waals surface area contributed by atoms with Crippen molar-refractivity contribution in [3.8, 4) is 17.1 Å². The number of rotatable bonds is 5. The van der Waals surface area contributed by atoms with E-state index >= 15 is 0 Å². The van der Waals surface area contributed by atoms with Gasteiger partial charge in [-0.25, -0.2) is 4.68 Å². The highest BCUT2D eigenvalue weighted by molar-refractivity contribution is 5.77. The van der Waals surface area contributed by atoms with Gasteiger partial charge in [0.05, 0.1) is 24.8 Å². The zero-order valence-corrected chi connectivity index (χ0v) is 12.2. The molecule has 112 valence electrons. The molecular formula is C14H19N5O2. The predicted molar refractivity (Wildman–Crippen MR) is 77.8 cm³/mol. The Morgan fingerprint density at radius 3 is 2.76 bits per heavy atom. The Bertz CT molecular complexity index is 631. The quantitative estimate of drug-likeness (QED) is 0.839. The minimum atomic E-state index is -0.166. The van der Waals surface area contributed by atoms with Crippen LogP contribution in [0.25, 0.3) is 11.4 Å². The number of anilines is 1. The molecule has 2 aromatic rings. The molecule has 0 radical (unpaired) electrons. The largest absolute Gasteiger partial charge is 0.496 e. The first kappa shape index (κ1) is 13.8.